The summed E-state index contributed by atoms with van der Waals surface area (Å²) >= 11 is 0. The number of hydrogen-bond donors (Lipinski definition) is 3. The van der Waals surface area contributed by atoms with Gasteiger partial charge in [0.25, 0.3) is 0 Å². The van der Waals surface area contributed by atoms with Crippen molar-refractivity contribution < 1.29 is 9.47 Å². The lowest BCUT2D eigenvalue weighted by molar-refractivity contribution is 0.195. The van der Waals surface area contributed by atoms with Crippen LogP contribution in [0.2, 0.25) is 0 Å². The molecule has 0 spiro atoms. The number of benzene rings is 1. The van der Waals surface area contributed by atoms with Crippen molar-refractivity contribution in [2.75, 3.05) is 33.4 Å². The predicted molar refractivity (Wildman–Crippen MR) is 80.7 cm³/mol. The molecule has 0 saturated heterocycles. The van der Waals surface area contributed by atoms with E-state index in [4.69, 9.17) is 15.3 Å². The minimum absolute atomic E-state index is 0.598. The molecule has 6 nitrogen and oxygen atoms in total. The highest BCUT2D eigenvalue weighted by atomic mass is 16.5. The third kappa shape index (κ3) is 7.60. The molecule has 1 rings (SSSR count). The Balaban J connectivity index is 2.11. The molecule has 6 heteroatoms. The monoisotopic (exact) mass is 280 g/mol. The van der Waals surface area contributed by atoms with Crippen LogP contribution < -0.4 is 21.3 Å². The highest BCUT2D eigenvalue weighted by molar-refractivity contribution is 5.79. The molecule has 0 radical (unpaired) electrons. The highest BCUT2D eigenvalue weighted by Crippen LogP contribution is 2.08. The van der Waals surface area contributed by atoms with Crippen molar-refractivity contribution in [1.29, 1.82) is 0 Å². The fourth-order valence-electron chi connectivity index (χ4n) is 1.54. The maximum absolute atomic E-state index is 5.58. The molecule has 20 heavy (non-hydrogen) atoms. The second kappa shape index (κ2) is 11.1. The van der Waals surface area contributed by atoms with Crippen LogP contribution in [-0.2, 0) is 4.74 Å². The van der Waals surface area contributed by atoms with Gasteiger partial charge in [0, 0.05) is 33.2 Å². The van der Waals surface area contributed by atoms with Gasteiger partial charge < -0.3 is 14.8 Å². The van der Waals surface area contributed by atoms with Gasteiger partial charge in [0.2, 0.25) is 5.96 Å². The van der Waals surface area contributed by atoms with Crippen molar-refractivity contribution in [1.82, 2.24) is 10.7 Å². The molecule has 0 amide bonds. The molecule has 0 heterocycles. The number of aliphatic imine (C=N–C) groups is 1. The normalized spacial score (nSPS) is 11.2. The van der Waals surface area contributed by atoms with Crippen LogP contribution in [0.1, 0.15) is 12.8 Å². The van der Waals surface area contributed by atoms with Crippen molar-refractivity contribution in [3.63, 3.8) is 0 Å². The number of guanidine groups is 1. The molecule has 112 valence electrons. The number of hydrazine groups is 1. The van der Waals surface area contributed by atoms with Crippen LogP contribution in [0, 0.1) is 0 Å². The molecule has 0 unspecified atom stereocenters. The Morgan fingerprint density at radius 1 is 1.20 bits per heavy atom. The summed E-state index contributed by atoms with van der Waals surface area (Å²) in [6.45, 7) is 2.78. The van der Waals surface area contributed by atoms with Gasteiger partial charge in [-0.1, -0.05) is 18.2 Å². The molecule has 0 bridgehead atoms. The summed E-state index contributed by atoms with van der Waals surface area (Å²) in [4.78, 5) is 4.32. The van der Waals surface area contributed by atoms with Gasteiger partial charge in [-0.25, -0.2) is 5.84 Å². The van der Waals surface area contributed by atoms with E-state index >= 15 is 0 Å². The number of hydrogen-bond acceptors (Lipinski definition) is 4. The van der Waals surface area contributed by atoms with Crippen molar-refractivity contribution in [3.05, 3.63) is 30.3 Å². The Hall–Kier alpha value is -1.79. The van der Waals surface area contributed by atoms with Crippen LogP contribution in [0.5, 0.6) is 5.75 Å². The van der Waals surface area contributed by atoms with Crippen LogP contribution in [0.3, 0.4) is 0 Å². The zero-order valence-electron chi connectivity index (χ0n) is 12.0. The molecular weight excluding hydrogens is 256 g/mol. The number of ether oxygens (including phenoxy) is 2. The Labute approximate surface area is 120 Å². The SMILES string of the molecule is COCCCNC(=NCCCOc1ccccc1)NN. The summed E-state index contributed by atoms with van der Waals surface area (Å²) in [5.74, 6) is 6.87. The van der Waals surface area contributed by atoms with E-state index in [0.29, 0.717) is 19.1 Å². The fourth-order valence-corrected chi connectivity index (χ4v) is 1.54. The van der Waals surface area contributed by atoms with Crippen molar-refractivity contribution in [3.8, 4) is 5.75 Å². The zero-order chi connectivity index (χ0) is 14.5. The number of nitrogens with zero attached hydrogens (tertiary/aromatic N) is 1. The van der Waals surface area contributed by atoms with Gasteiger partial charge in [0.1, 0.15) is 5.75 Å². The van der Waals surface area contributed by atoms with Gasteiger partial charge >= 0.3 is 0 Å². The smallest absolute Gasteiger partial charge is 0.205 e. The molecule has 1 aromatic carbocycles. The first-order valence-electron chi connectivity index (χ1n) is 6.78. The Morgan fingerprint density at radius 3 is 2.70 bits per heavy atom. The second-order valence-electron chi connectivity index (χ2n) is 4.16. The highest BCUT2D eigenvalue weighted by Gasteiger charge is 1.95. The molecule has 4 N–H and O–H groups in total. The molecule has 0 atom stereocenters. The standard InChI is InChI=1S/C14H24N4O2/c1-19-11-5-9-16-14(18-15)17-10-6-12-20-13-7-3-2-4-8-13/h2-4,7-8H,5-6,9-12,15H2,1H3,(H2,16,17,18). The number of rotatable bonds is 9. The van der Waals surface area contributed by atoms with Crippen LogP contribution in [0.25, 0.3) is 0 Å². The molecule has 0 aliphatic carbocycles. The lowest BCUT2D eigenvalue weighted by atomic mass is 10.3. The van der Waals surface area contributed by atoms with E-state index in [-0.39, 0.29) is 0 Å². The van der Waals surface area contributed by atoms with E-state index in [0.717, 1.165) is 31.7 Å². The zero-order valence-corrected chi connectivity index (χ0v) is 12.0. The average Bonchev–Trinajstić information content (AvgIpc) is 2.50. The van der Waals surface area contributed by atoms with E-state index < -0.39 is 0 Å². The summed E-state index contributed by atoms with van der Waals surface area (Å²) in [6.07, 6.45) is 1.74. The third-order valence-electron chi connectivity index (χ3n) is 2.54. The van der Waals surface area contributed by atoms with Crippen LogP contribution in [-0.4, -0.2) is 39.4 Å². The lowest BCUT2D eigenvalue weighted by Gasteiger charge is -2.09. The molecule has 0 aliphatic rings. The Bertz CT molecular complexity index is 371. The first kappa shape index (κ1) is 16.3. The van der Waals surface area contributed by atoms with Gasteiger partial charge in [-0.15, -0.1) is 0 Å². The van der Waals surface area contributed by atoms with Crippen LogP contribution in [0.4, 0.5) is 0 Å². The molecular formula is C14H24N4O2. The van der Waals surface area contributed by atoms with E-state index in [2.05, 4.69) is 15.7 Å². The third-order valence-corrected chi connectivity index (χ3v) is 2.54. The molecule has 0 saturated carbocycles. The van der Waals surface area contributed by atoms with Crippen molar-refractivity contribution in [2.24, 2.45) is 10.8 Å². The Morgan fingerprint density at radius 2 is 2.00 bits per heavy atom. The number of para-hydroxylation sites is 1. The van der Waals surface area contributed by atoms with Gasteiger partial charge in [-0.3, -0.25) is 10.4 Å². The predicted octanol–water partition coefficient (Wildman–Crippen LogP) is 0.901. The Kier molecular flexibility index (Phi) is 9.00. The summed E-state index contributed by atoms with van der Waals surface area (Å²) in [7, 11) is 1.68. The van der Waals surface area contributed by atoms with Gasteiger partial charge in [-0.2, -0.15) is 0 Å². The summed E-state index contributed by atoms with van der Waals surface area (Å²) in [5, 5.41) is 3.11. The quantitative estimate of drug-likeness (QED) is 0.206. The van der Waals surface area contributed by atoms with E-state index in [1.165, 1.54) is 0 Å². The van der Waals surface area contributed by atoms with Crippen LogP contribution >= 0.6 is 0 Å². The first-order chi connectivity index (χ1) is 9.86. The van der Waals surface area contributed by atoms with E-state index in [9.17, 15) is 0 Å². The van der Waals surface area contributed by atoms with Gasteiger partial charge in [-0.05, 0) is 18.6 Å². The summed E-state index contributed by atoms with van der Waals surface area (Å²) < 4.78 is 10.5. The van der Waals surface area contributed by atoms with Gasteiger partial charge in [0.15, 0.2) is 0 Å². The topological polar surface area (TPSA) is 80.9 Å². The fraction of sp³-hybridized carbons (Fsp3) is 0.500. The van der Waals surface area contributed by atoms with E-state index in [1.807, 2.05) is 30.3 Å². The molecule has 0 aliphatic heterocycles. The van der Waals surface area contributed by atoms with Gasteiger partial charge in [0.05, 0.1) is 6.61 Å². The summed E-state index contributed by atoms with van der Waals surface area (Å²) in [5.41, 5.74) is 2.54. The minimum atomic E-state index is 0.598. The number of methoxy groups -OCH3 is 1. The maximum Gasteiger partial charge on any atom is 0.205 e. The average molecular weight is 280 g/mol. The number of nitrogens with one attached hydrogen (secondary N) is 2. The minimum Gasteiger partial charge on any atom is -0.494 e. The van der Waals surface area contributed by atoms with Crippen molar-refractivity contribution in [2.45, 2.75) is 12.8 Å². The second-order valence-corrected chi connectivity index (χ2v) is 4.16. The molecule has 0 fully saturated rings. The molecule has 1 aromatic rings. The molecule has 0 aromatic heterocycles. The van der Waals surface area contributed by atoms with Crippen molar-refractivity contribution >= 4 is 5.96 Å². The van der Waals surface area contributed by atoms with E-state index in [1.54, 1.807) is 7.11 Å². The maximum atomic E-state index is 5.58. The van der Waals surface area contributed by atoms with Crippen LogP contribution in [0.15, 0.2) is 35.3 Å². The number of nitrogens with two attached hydrogens (primary N) is 1. The lowest BCUT2D eigenvalue weighted by Crippen LogP contribution is -2.42. The first-order valence-corrected chi connectivity index (χ1v) is 6.78. The largest absolute Gasteiger partial charge is 0.494 e. The summed E-state index contributed by atoms with van der Waals surface area (Å²) in [6, 6.07) is 9.74.